The molecule has 2 aliphatic rings. The average Bonchev–Trinajstić information content (AvgIpc) is 2.92. The van der Waals surface area contributed by atoms with Crippen molar-refractivity contribution in [2.24, 2.45) is 5.92 Å². The van der Waals surface area contributed by atoms with E-state index in [0.29, 0.717) is 0 Å². The van der Waals surface area contributed by atoms with Crippen molar-refractivity contribution in [2.75, 3.05) is 0 Å². The van der Waals surface area contributed by atoms with E-state index >= 15 is 0 Å². The summed E-state index contributed by atoms with van der Waals surface area (Å²) in [5.41, 5.74) is 3.47. The number of rotatable bonds is 2. The Hall–Kier alpha value is -0.530. The molecule has 0 aromatic heterocycles. The molecule has 2 aliphatic carbocycles. The molecule has 0 spiro atoms. The van der Waals surface area contributed by atoms with Crippen molar-refractivity contribution in [3.63, 3.8) is 0 Å². The molecule has 1 radical (unpaired) electrons. The second kappa shape index (κ2) is 4.62. The summed E-state index contributed by atoms with van der Waals surface area (Å²) in [6.07, 6.45) is 7.69. The molecule has 1 saturated carbocycles. The van der Waals surface area contributed by atoms with E-state index in [9.17, 15) is 5.11 Å². The van der Waals surface area contributed by atoms with Gasteiger partial charge < -0.3 is 0 Å². The van der Waals surface area contributed by atoms with Crippen molar-refractivity contribution >= 4 is 11.6 Å². The highest BCUT2D eigenvalue weighted by Gasteiger charge is 2.24. The fourth-order valence-electron chi connectivity index (χ4n) is 3.32. The molecule has 1 nitrogen and oxygen atoms in total. The first-order valence-corrected chi connectivity index (χ1v) is 7.09. The number of hydrogen-bond donors (Lipinski definition) is 0. The van der Waals surface area contributed by atoms with Gasteiger partial charge >= 0.3 is 0 Å². The SMILES string of the molecule is [O]C1CCc2cc(CC3CCCC3)c(Cl)cc21. The maximum atomic E-state index is 11.7. The Morgan fingerprint density at radius 2 is 1.94 bits per heavy atom. The van der Waals surface area contributed by atoms with E-state index in [4.69, 9.17) is 11.6 Å². The van der Waals surface area contributed by atoms with Gasteiger partial charge in [0.1, 0.15) is 6.10 Å². The predicted octanol–water partition coefficient (Wildman–Crippen LogP) is 4.49. The summed E-state index contributed by atoms with van der Waals surface area (Å²) in [5, 5.41) is 12.5. The number of halogens is 1. The lowest BCUT2D eigenvalue weighted by atomic mass is 9.95. The quantitative estimate of drug-likeness (QED) is 0.736. The minimum absolute atomic E-state index is 0.539. The van der Waals surface area contributed by atoms with Crippen LogP contribution in [-0.4, -0.2) is 0 Å². The lowest BCUT2D eigenvalue weighted by Gasteiger charge is -2.13. The van der Waals surface area contributed by atoms with Crippen molar-refractivity contribution in [1.82, 2.24) is 0 Å². The van der Waals surface area contributed by atoms with Crippen LogP contribution in [0.3, 0.4) is 0 Å². The maximum absolute atomic E-state index is 11.7. The third-order valence-electron chi connectivity index (χ3n) is 4.31. The van der Waals surface area contributed by atoms with Gasteiger partial charge in [-0.05, 0) is 47.9 Å². The van der Waals surface area contributed by atoms with Crippen molar-refractivity contribution in [3.8, 4) is 0 Å². The molecule has 0 heterocycles. The van der Waals surface area contributed by atoms with Gasteiger partial charge in [-0.15, -0.1) is 0 Å². The lowest BCUT2D eigenvalue weighted by Crippen LogP contribution is -2.01. The summed E-state index contributed by atoms with van der Waals surface area (Å²) in [7, 11) is 0. The Labute approximate surface area is 108 Å². The molecule has 0 N–H and O–H groups in total. The fraction of sp³-hybridized carbons (Fsp3) is 0.600. The molecule has 2 heteroatoms. The Kier molecular flexibility index (Phi) is 3.14. The van der Waals surface area contributed by atoms with Crippen LogP contribution in [-0.2, 0) is 17.9 Å². The smallest absolute Gasteiger partial charge is 0.119 e. The van der Waals surface area contributed by atoms with E-state index in [-0.39, 0.29) is 0 Å². The molecule has 1 unspecified atom stereocenters. The number of fused-ring (bicyclic) bond motifs is 1. The van der Waals surface area contributed by atoms with Crippen molar-refractivity contribution < 1.29 is 5.11 Å². The summed E-state index contributed by atoms with van der Waals surface area (Å²) in [6.45, 7) is 0. The van der Waals surface area contributed by atoms with Crippen LogP contribution in [0.15, 0.2) is 12.1 Å². The minimum Gasteiger partial charge on any atom is -0.228 e. The van der Waals surface area contributed by atoms with Gasteiger partial charge in [0.15, 0.2) is 0 Å². The summed E-state index contributed by atoms with van der Waals surface area (Å²) in [5.74, 6) is 0.815. The number of benzene rings is 1. The first-order valence-electron chi connectivity index (χ1n) is 6.71. The highest BCUT2D eigenvalue weighted by molar-refractivity contribution is 6.31. The average molecular weight is 250 g/mol. The van der Waals surface area contributed by atoms with Crippen LogP contribution in [0.5, 0.6) is 0 Å². The van der Waals surface area contributed by atoms with Gasteiger partial charge in [0, 0.05) is 5.02 Å². The lowest BCUT2D eigenvalue weighted by molar-refractivity contribution is 0.0909. The van der Waals surface area contributed by atoms with Crippen molar-refractivity contribution in [2.45, 2.75) is 51.0 Å². The van der Waals surface area contributed by atoms with Crippen LogP contribution in [0.2, 0.25) is 5.02 Å². The monoisotopic (exact) mass is 249 g/mol. The summed E-state index contributed by atoms with van der Waals surface area (Å²) in [4.78, 5) is 0. The third kappa shape index (κ3) is 2.23. The van der Waals surface area contributed by atoms with Gasteiger partial charge in [0.05, 0.1) is 0 Å². The zero-order chi connectivity index (χ0) is 11.8. The van der Waals surface area contributed by atoms with Gasteiger partial charge in [-0.3, -0.25) is 0 Å². The Morgan fingerprint density at radius 3 is 2.71 bits per heavy atom. The molecule has 0 aliphatic heterocycles. The van der Waals surface area contributed by atoms with E-state index in [1.807, 2.05) is 6.07 Å². The zero-order valence-corrected chi connectivity index (χ0v) is 10.8. The summed E-state index contributed by atoms with van der Waals surface area (Å²) < 4.78 is 0. The Balaban J connectivity index is 1.85. The van der Waals surface area contributed by atoms with E-state index in [1.165, 1.54) is 36.8 Å². The topological polar surface area (TPSA) is 19.9 Å². The largest absolute Gasteiger partial charge is 0.228 e. The first-order chi connectivity index (χ1) is 8.24. The van der Waals surface area contributed by atoms with Crippen LogP contribution in [0, 0.1) is 5.92 Å². The van der Waals surface area contributed by atoms with Crippen molar-refractivity contribution in [3.05, 3.63) is 33.8 Å². The highest BCUT2D eigenvalue weighted by Crippen LogP contribution is 2.37. The van der Waals surface area contributed by atoms with Crippen molar-refractivity contribution in [1.29, 1.82) is 0 Å². The van der Waals surface area contributed by atoms with Crippen LogP contribution in [0.25, 0.3) is 0 Å². The van der Waals surface area contributed by atoms with Gasteiger partial charge in [-0.1, -0.05) is 43.4 Å². The van der Waals surface area contributed by atoms with E-state index in [0.717, 1.165) is 35.8 Å². The number of aryl methyl sites for hydroxylation is 1. The predicted molar refractivity (Wildman–Crippen MR) is 68.9 cm³/mol. The van der Waals surface area contributed by atoms with E-state index < -0.39 is 6.10 Å². The molecular formula is C15H18ClO. The minimum atomic E-state index is -0.539. The molecule has 3 rings (SSSR count). The van der Waals surface area contributed by atoms with Gasteiger partial charge in [0.25, 0.3) is 0 Å². The van der Waals surface area contributed by atoms with Crippen LogP contribution >= 0.6 is 11.6 Å². The first kappa shape index (κ1) is 11.6. The van der Waals surface area contributed by atoms with Crippen LogP contribution in [0.1, 0.15) is 54.9 Å². The van der Waals surface area contributed by atoms with Gasteiger partial charge in [-0.25, -0.2) is 5.11 Å². The molecule has 0 amide bonds. The molecule has 0 saturated heterocycles. The normalized spacial score (nSPS) is 24.2. The zero-order valence-electron chi connectivity index (χ0n) is 10.0. The standard InChI is InChI=1S/C15H18ClO/c16-14-9-13-11(5-6-15(13)17)8-12(14)7-10-3-1-2-4-10/h8-10,15H,1-7H2. The summed E-state index contributed by atoms with van der Waals surface area (Å²) in [6, 6.07) is 4.14. The second-order valence-electron chi connectivity index (χ2n) is 5.52. The molecule has 17 heavy (non-hydrogen) atoms. The molecule has 1 atom stereocenters. The van der Waals surface area contributed by atoms with E-state index in [2.05, 4.69) is 6.07 Å². The molecule has 1 aromatic carbocycles. The molecule has 1 aromatic rings. The molecule has 1 fully saturated rings. The van der Waals surface area contributed by atoms with Crippen LogP contribution < -0.4 is 0 Å². The third-order valence-corrected chi connectivity index (χ3v) is 4.67. The van der Waals surface area contributed by atoms with E-state index in [1.54, 1.807) is 0 Å². The van der Waals surface area contributed by atoms with Gasteiger partial charge in [0.2, 0.25) is 0 Å². The molecular weight excluding hydrogens is 232 g/mol. The highest BCUT2D eigenvalue weighted by atomic mass is 35.5. The second-order valence-corrected chi connectivity index (χ2v) is 5.93. The summed E-state index contributed by atoms with van der Waals surface area (Å²) >= 11 is 6.31. The molecule has 0 bridgehead atoms. The van der Waals surface area contributed by atoms with Crippen LogP contribution in [0.4, 0.5) is 0 Å². The fourth-order valence-corrected chi connectivity index (χ4v) is 3.57. The number of hydrogen-bond acceptors (Lipinski definition) is 0. The molecule has 91 valence electrons. The maximum Gasteiger partial charge on any atom is 0.119 e. The van der Waals surface area contributed by atoms with Gasteiger partial charge in [-0.2, -0.15) is 0 Å². The Bertz CT molecular complexity index is 421. The Morgan fingerprint density at radius 1 is 1.18 bits per heavy atom.